The molecule has 2 rings (SSSR count). The number of aryl methyl sites for hydroxylation is 1. The molecule has 1 aliphatic carbocycles. The van der Waals surface area contributed by atoms with Crippen molar-refractivity contribution in [2.24, 2.45) is 11.7 Å². The van der Waals surface area contributed by atoms with Gasteiger partial charge in [0.15, 0.2) is 5.82 Å². The van der Waals surface area contributed by atoms with Gasteiger partial charge in [0.2, 0.25) is 5.89 Å². The molecule has 0 amide bonds. The van der Waals surface area contributed by atoms with Gasteiger partial charge in [-0.25, -0.2) is 0 Å². The third kappa shape index (κ3) is 4.11. The highest BCUT2D eigenvalue weighted by Crippen LogP contribution is 2.25. The van der Waals surface area contributed by atoms with Crippen molar-refractivity contribution in [3.63, 3.8) is 0 Å². The summed E-state index contributed by atoms with van der Waals surface area (Å²) in [5.74, 6) is 2.39. The largest absolute Gasteiger partial charge is 0.339 e. The lowest BCUT2D eigenvalue weighted by atomic mass is 9.97. The molecule has 0 radical (unpaired) electrons. The van der Waals surface area contributed by atoms with Gasteiger partial charge >= 0.3 is 0 Å². The summed E-state index contributed by atoms with van der Waals surface area (Å²) in [5.41, 5.74) is 5.46. The first-order valence-corrected chi connectivity index (χ1v) is 6.90. The molecule has 4 heteroatoms. The predicted octanol–water partition coefficient (Wildman–Crippen LogP) is 2.47. The first-order valence-electron chi connectivity index (χ1n) is 6.90. The molecule has 0 saturated heterocycles. The third-order valence-corrected chi connectivity index (χ3v) is 3.55. The van der Waals surface area contributed by atoms with Crippen LogP contribution in [0, 0.1) is 5.92 Å². The van der Waals surface area contributed by atoms with Crippen molar-refractivity contribution in [3.8, 4) is 0 Å². The monoisotopic (exact) mass is 237 g/mol. The fourth-order valence-electron chi connectivity index (χ4n) is 2.55. The Bertz CT molecular complexity index is 316. The van der Waals surface area contributed by atoms with E-state index in [9.17, 15) is 0 Å². The Labute approximate surface area is 103 Å². The molecule has 0 bridgehead atoms. The van der Waals surface area contributed by atoms with Gasteiger partial charge < -0.3 is 10.3 Å². The van der Waals surface area contributed by atoms with E-state index in [1.807, 2.05) is 0 Å². The second kappa shape index (κ2) is 6.74. The summed E-state index contributed by atoms with van der Waals surface area (Å²) in [6.07, 6.45) is 10.9. The molecule has 1 fully saturated rings. The fraction of sp³-hybridized carbons (Fsp3) is 0.846. The standard InChI is InChI=1S/C13H23N3O/c14-9-5-8-12-15-13(17-16-12)10-11-6-3-1-2-4-7-11/h11H,1-10,14H2. The Morgan fingerprint density at radius 2 is 1.94 bits per heavy atom. The van der Waals surface area contributed by atoms with Gasteiger partial charge in [-0.2, -0.15) is 4.98 Å². The van der Waals surface area contributed by atoms with Crippen LogP contribution in [0.25, 0.3) is 0 Å². The maximum absolute atomic E-state index is 5.46. The van der Waals surface area contributed by atoms with Gasteiger partial charge in [0.1, 0.15) is 0 Å². The number of nitrogens with two attached hydrogens (primary N) is 1. The molecule has 1 heterocycles. The molecule has 1 aromatic rings. The molecule has 0 spiro atoms. The molecule has 0 unspecified atom stereocenters. The van der Waals surface area contributed by atoms with Crippen LogP contribution < -0.4 is 5.73 Å². The minimum atomic E-state index is 0.687. The molecule has 4 nitrogen and oxygen atoms in total. The fourth-order valence-corrected chi connectivity index (χ4v) is 2.55. The molecule has 1 saturated carbocycles. The molecule has 17 heavy (non-hydrogen) atoms. The van der Waals surface area contributed by atoms with Crippen molar-refractivity contribution >= 4 is 0 Å². The number of hydrogen-bond acceptors (Lipinski definition) is 4. The Morgan fingerprint density at radius 1 is 1.18 bits per heavy atom. The van der Waals surface area contributed by atoms with E-state index in [1.165, 1.54) is 38.5 Å². The smallest absolute Gasteiger partial charge is 0.226 e. The van der Waals surface area contributed by atoms with E-state index in [4.69, 9.17) is 10.3 Å². The van der Waals surface area contributed by atoms with Crippen molar-refractivity contribution in [2.75, 3.05) is 6.54 Å². The van der Waals surface area contributed by atoms with Gasteiger partial charge in [-0.1, -0.05) is 30.8 Å². The first kappa shape index (κ1) is 12.6. The van der Waals surface area contributed by atoms with Crippen LogP contribution in [-0.4, -0.2) is 16.7 Å². The van der Waals surface area contributed by atoms with Crippen LogP contribution in [0.1, 0.15) is 56.7 Å². The van der Waals surface area contributed by atoms with E-state index < -0.39 is 0 Å². The molecular weight excluding hydrogens is 214 g/mol. The highest BCUT2D eigenvalue weighted by molar-refractivity contribution is 4.88. The summed E-state index contributed by atoms with van der Waals surface area (Å²) < 4.78 is 5.30. The van der Waals surface area contributed by atoms with Crippen molar-refractivity contribution in [1.82, 2.24) is 10.1 Å². The van der Waals surface area contributed by atoms with Gasteiger partial charge in [0.25, 0.3) is 0 Å². The van der Waals surface area contributed by atoms with Crippen LogP contribution in [0.5, 0.6) is 0 Å². The summed E-state index contributed by atoms with van der Waals surface area (Å²) >= 11 is 0. The Balaban J connectivity index is 1.82. The Kier molecular flexibility index (Phi) is 4.98. The van der Waals surface area contributed by atoms with Gasteiger partial charge in [-0.3, -0.25) is 0 Å². The second-order valence-corrected chi connectivity index (χ2v) is 5.06. The molecule has 0 atom stereocenters. The molecule has 0 aliphatic heterocycles. The summed E-state index contributed by atoms with van der Waals surface area (Å²) in [6, 6.07) is 0. The van der Waals surface area contributed by atoms with Crippen LogP contribution in [0.3, 0.4) is 0 Å². The number of rotatable bonds is 5. The molecule has 2 N–H and O–H groups in total. The van der Waals surface area contributed by atoms with Crippen molar-refractivity contribution in [1.29, 1.82) is 0 Å². The number of aromatic nitrogens is 2. The zero-order valence-electron chi connectivity index (χ0n) is 10.5. The summed E-state index contributed by atoms with van der Waals surface area (Å²) in [5, 5.41) is 4.00. The highest BCUT2D eigenvalue weighted by atomic mass is 16.5. The predicted molar refractivity (Wildman–Crippen MR) is 66.6 cm³/mol. The van der Waals surface area contributed by atoms with E-state index in [-0.39, 0.29) is 0 Å². The van der Waals surface area contributed by atoms with E-state index in [2.05, 4.69) is 10.1 Å². The van der Waals surface area contributed by atoms with Crippen LogP contribution in [0.2, 0.25) is 0 Å². The average Bonchev–Trinajstić information content (AvgIpc) is 2.61. The number of hydrogen-bond donors (Lipinski definition) is 1. The quantitative estimate of drug-likeness (QED) is 0.799. The van der Waals surface area contributed by atoms with Crippen molar-refractivity contribution in [2.45, 2.75) is 57.8 Å². The topological polar surface area (TPSA) is 64.9 Å². The van der Waals surface area contributed by atoms with Gasteiger partial charge in [-0.05, 0) is 31.7 Å². The van der Waals surface area contributed by atoms with Crippen LogP contribution in [0.4, 0.5) is 0 Å². The van der Waals surface area contributed by atoms with Crippen LogP contribution >= 0.6 is 0 Å². The lowest BCUT2D eigenvalue weighted by Crippen LogP contribution is -2.04. The molecular formula is C13H23N3O. The lowest BCUT2D eigenvalue weighted by molar-refractivity contribution is 0.336. The summed E-state index contributed by atoms with van der Waals surface area (Å²) in [7, 11) is 0. The zero-order chi connectivity index (χ0) is 11.9. The zero-order valence-corrected chi connectivity index (χ0v) is 10.5. The van der Waals surface area contributed by atoms with E-state index in [0.29, 0.717) is 6.54 Å². The molecule has 96 valence electrons. The highest BCUT2D eigenvalue weighted by Gasteiger charge is 2.16. The average molecular weight is 237 g/mol. The third-order valence-electron chi connectivity index (χ3n) is 3.55. The maximum atomic E-state index is 5.46. The van der Waals surface area contributed by atoms with Crippen LogP contribution in [0.15, 0.2) is 4.52 Å². The van der Waals surface area contributed by atoms with E-state index >= 15 is 0 Å². The van der Waals surface area contributed by atoms with Crippen molar-refractivity contribution in [3.05, 3.63) is 11.7 Å². The van der Waals surface area contributed by atoms with Gasteiger partial charge in [0, 0.05) is 12.8 Å². The minimum Gasteiger partial charge on any atom is -0.339 e. The van der Waals surface area contributed by atoms with E-state index in [1.54, 1.807) is 0 Å². The van der Waals surface area contributed by atoms with E-state index in [0.717, 1.165) is 36.9 Å². The molecule has 1 aliphatic rings. The normalized spacial score (nSPS) is 18.2. The van der Waals surface area contributed by atoms with Crippen LogP contribution in [-0.2, 0) is 12.8 Å². The Hall–Kier alpha value is -0.900. The van der Waals surface area contributed by atoms with Gasteiger partial charge in [-0.15, -0.1) is 0 Å². The maximum Gasteiger partial charge on any atom is 0.226 e. The molecule has 1 aromatic heterocycles. The lowest BCUT2D eigenvalue weighted by Gasteiger charge is -2.09. The first-order chi connectivity index (χ1) is 8.38. The van der Waals surface area contributed by atoms with Crippen molar-refractivity contribution < 1.29 is 4.52 Å². The summed E-state index contributed by atoms with van der Waals surface area (Å²) in [4.78, 5) is 4.44. The van der Waals surface area contributed by atoms with Gasteiger partial charge in [0.05, 0.1) is 0 Å². The second-order valence-electron chi connectivity index (χ2n) is 5.06. The SMILES string of the molecule is NCCCc1noc(CC2CCCCCC2)n1. The molecule has 0 aromatic carbocycles. The minimum absolute atomic E-state index is 0.687. The number of nitrogens with zero attached hydrogens (tertiary/aromatic N) is 2. The Morgan fingerprint density at radius 3 is 2.65 bits per heavy atom. The summed E-state index contributed by atoms with van der Waals surface area (Å²) in [6.45, 7) is 0.687.